The molecule has 0 unspecified atom stereocenters. The highest BCUT2D eigenvalue weighted by Crippen LogP contribution is 1.86. The SMILES string of the molecule is C=CC(=O)OS(C)(=O)=O. The van der Waals surface area contributed by atoms with E-state index >= 15 is 0 Å². The molecule has 0 bridgehead atoms. The van der Waals surface area contributed by atoms with Crippen molar-refractivity contribution in [3.8, 4) is 0 Å². The summed E-state index contributed by atoms with van der Waals surface area (Å²) in [6.45, 7) is 3.01. The summed E-state index contributed by atoms with van der Waals surface area (Å²) in [7, 11) is -3.66. The van der Waals surface area contributed by atoms with Gasteiger partial charge in [0.2, 0.25) is 0 Å². The van der Waals surface area contributed by atoms with Crippen molar-refractivity contribution in [3.63, 3.8) is 0 Å². The maximum absolute atomic E-state index is 10.1. The van der Waals surface area contributed by atoms with E-state index in [-0.39, 0.29) is 0 Å². The number of carbonyl (C=O) groups is 1. The fourth-order valence-electron chi connectivity index (χ4n) is 0.183. The second-order valence-electron chi connectivity index (χ2n) is 1.31. The minimum Gasteiger partial charge on any atom is -0.342 e. The molecule has 0 aliphatic carbocycles. The van der Waals surface area contributed by atoms with Crippen molar-refractivity contribution in [1.29, 1.82) is 0 Å². The maximum Gasteiger partial charge on any atom is 0.345 e. The van der Waals surface area contributed by atoms with E-state index in [4.69, 9.17) is 0 Å². The van der Waals surface area contributed by atoms with Crippen molar-refractivity contribution in [2.24, 2.45) is 0 Å². The van der Waals surface area contributed by atoms with Crippen LogP contribution >= 0.6 is 0 Å². The van der Waals surface area contributed by atoms with Gasteiger partial charge in [-0.15, -0.1) is 0 Å². The first-order valence-corrected chi connectivity index (χ1v) is 3.83. The first-order chi connectivity index (χ1) is 3.95. The van der Waals surface area contributed by atoms with Crippen molar-refractivity contribution in [3.05, 3.63) is 12.7 Å². The molecule has 0 rings (SSSR count). The molecule has 4 nitrogen and oxygen atoms in total. The van der Waals surface area contributed by atoms with Crippen LogP contribution in [-0.4, -0.2) is 20.6 Å². The van der Waals surface area contributed by atoms with Gasteiger partial charge in [-0.05, 0) is 0 Å². The highest BCUT2D eigenvalue weighted by Gasteiger charge is 2.04. The lowest BCUT2D eigenvalue weighted by Crippen LogP contribution is -2.07. The minimum atomic E-state index is -3.66. The summed E-state index contributed by atoms with van der Waals surface area (Å²) in [6, 6.07) is 0. The molecule has 0 aromatic rings. The normalized spacial score (nSPS) is 10.3. The molecule has 0 aromatic carbocycles. The Kier molecular flexibility index (Phi) is 2.39. The van der Waals surface area contributed by atoms with Crippen molar-refractivity contribution < 1.29 is 17.4 Å². The van der Waals surface area contributed by atoms with Gasteiger partial charge in [0, 0.05) is 6.08 Å². The lowest BCUT2D eigenvalue weighted by molar-refractivity contribution is -0.128. The molecule has 0 aliphatic heterocycles. The highest BCUT2D eigenvalue weighted by molar-refractivity contribution is 7.86. The Balaban J connectivity index is 4.06. The molecule has 52 valence electrons. The van der Waals surface area contributed by atoms with Crippen LogP contribution in [0, 0.1) is 0 Å². The summed E-state index contributed by atoms with van der Waals surface area (Å²) in [6.07, 6.45) is 1.56. The number of carbonyl (C=O) groups excluding carboxylic acids is 1. The molecular formula is C4H6O4S. The van der Waals surface area contributed by atoms with Crippen LogP contribution in [0.4, 0.5) is 0 Å². The first-order valence-electron chi connectivity index (χ1n) is 2.01. The van der Waals surface area contributed by atoms with E-state index in [9.17, 15) is 13.2 Å². The molecule has 0 radical (unpaired) electrons. The lowest BCUT2D eigenvalue weighted by Gasteiger charge is -1.93. The summed E-state index contributed by atoms with van der Waals surface area (Å²) < 4.78 is 24.0. The summed E-state index contributed by atoms with van der Waals surface area (Å²) in [5.74, 6) is -0.961. The number of rotatable bonds is 2. The van der Waals surface area contributed by atoms with Crippen LogP contribution in [0.1, 0.15) is 0 Å². The number of hydrogen-bond acceptors (Lipinski definition) is 4. The van der Waals surface area contributed by atoms with Crippen molar-refractivity contribution in [1.82, 2.24) is 0 Å². The fraction of sp³-hybridized carbons (Fsp3) is 0.250. The smallest absolute Gasteiger partial charge is 0.342 e. The van der Waals surface area contributed by atoms with Gasteiger partial charge in [-0.3, -0.25) is 0 Å². The Hall–Kier alpha value is -0.840. The van der Waals surface area contributed by atoms with E-state index in [1.165, 1.54) is 0 Å². The second-order valence-corrected chi connectivity index (χ2v) is 2.89. The Morgan fingerprint density at radius 1 is 1.67 bits per heavy atom. The first kappa shape index (κ1) is 8.16. The molecule has 0 amide bonds. The van der Waals surface area contributed by atoms with Gasteiger partial charge in [-0.2, -0.15) is 8.42 Å². The number of hydrogen-bond donors (Lipinski definition) is 0. The van der Waals surface area contributed by atoms with E-state index < -0.39 is 16.1 Å². The van der Waals surface area contributed by atoms with Gasteiger partial charge in [-0.1, -0.05) is 6.58 Å². The predicted molar refractivity (Wildman–Crippen MR) is 31.1 cm³/mol. The van der Waals surface area contributed by atoms with Crippen molar-refractivity contribution in [2.75, 3.05) is 6.26 Å². The summed E-state index contributed by atoms with van der Waals surface area (Å²) in [5, 5.41) is 0. The van der Waals surface area contributed by atoms with Crippen molar-refractivity contribution in [2.45, 2.75) is 0 Å². The third-order valence-corrected chi connectivity index (χ3v) is 0.867. The molecule has 0 saturated heterocycles. The van der Waals surface area contributed by atoms with Crippen LogP contribution in [-0.2, 0) is 19.1 Å². The van der Waals surface area contributed by atoms with Gasteiger partial charge in [0.25, 0.3) is 0 Å². The Bertz CT molecular complexity index is 213. The Morgan fingerprint density at radius 2 is 2.11 bits per heavy atom. The standard InChI is InChI=1S/C4H6O4S/c1-3-4(5)8-9(2,6)7/h3H,1H2,2H3. The van der Waals surface area contributed by atoms with Gasteiger partial charge in [0.05, 0.1) is 6.26 Å². The summed E-state index contributed by atoms with van der Waals surface area (Å²) in [4.78, 5) is 10.1. The predicted octanol–water partition coefficient (Wildman–Crippen LogP) is -0.325. The molecule has 0 saturated carbocycles. The van der Waals surface area contributed by atoms with E-state index in [0.29, 0.717) is 0 Å². The third kappa shape index (κ3) is 5.02. The van der Waals surface area contributed by atoms with Crippen LogP contribution in [0.3, 0.4) is 0 Å². The Morgan fingerprint density at radius 3 is 2.22 bits per heavy atom. The summed E-state index contributed by atoms with van der Waals surface area (Å²) in [5.41, 5.74) is 0. The topological polar surface area (TPSA) is 60.4 Å². The minimum absolute atomic E-state index is 0.779. The average molecular weight is 150 g/mol. The molecule has 0 N–H and O–H groups in total. The van der Waals surface area contributed by atoms with Gasteiger partial charge < -0.3 is 4.18 Å². The van der Waals surface area contributed by atoms with E-state index in [1.807, 2.05) is 0 Å². The molecule has 5 heteroatoms. The molecule has 0 heterocycles. The molecular weight excluding hydrogens is 144 g/mol. The van der Waals surface area contributed by atoms with Gasteiger partial charge in [-0.25, -0.2) is 4.79 Å². The fourth-order valence-corrected chi connectivity index (χ4v) is 0.550. The molecule has 0 aliphatic rings. The van der Waals surface area contributed by atoms with E-state index in [2.05, 4.69) is 10.8 Å². The zero-order valence-electron chi connectivity index (χ0n) is 4.83. The molecule has 0 fully saturated rings. The van der Waals surface area contributed by atoms with Gasteiger partial charge >= 0.3 is 16.1 Å². The largest absolute Gasteiger partial charge is 0.345 e. The highest BCUT2D eigenvalue weighted by atomic mass is 32.2. The van der Waals surface area contributed by atoms with Crippen LogP contribution in [0.5, 0.6) is 0 Å². The van der Waals surface area contributed by atoms with E-state index in [1.54, 1.807) is 0 Å². The quantitative estimate of drug-likeness (QED) is 0.399. The van der Waals surface area contributed by atoms with Crippen LogP contribution in [0.15, 0.2) is 12.7 Å². The van der Waals surface area contributed by atoms with Gasteiger partial charge in [0.15, 0.2) is 0 Å². The summed E-state index contributed by atoms with van der Waals surface area (Å²) >= 11 is 0. The zero-order valence-corrected chi connectivity index (χ0v) is 5.64. The van der Waals surface area contributed by atoms with Gasteiger partial charge in [0.1, 0.15) is 0 Å². The van der Waals surface area contributed by atoms with Crippen LogP contribution in [0.2, 0.25) is 0 Å². The third-order valence-electron chi connectivity index (χ3n) is 0.400. The molecule has 9 heavy (non-hydrogen) atoms. The maximum atomic E-state index is 10.1. The molecule has 0 spiro atoms. The monoisotopic (exact) mass is 150 g/mol. The van der Waals surface area contributed by atoms with Crippen molar-refractivity contribution >= 4 is 16.1 Å². The Labute approximate surface area is 53.3 Å². The lowest BCUT2D eigenvalue weighted by atomic mass is 10.7. The van der Waals surface area contributed by atoms with Crippen LogP contribution in [0.25, 0.3) is 0 Å². The average Bonchev–Trinajstić information content (AvgIpc) is 1.62. The molecule has 0 aromatic heterocycles. The molecule has 0 atom stereocenters. The van der Waals surface area contributed by atoms with E-state index in [0.717, 1.165) is 12.3 Å². The second kappa shape index (κ2) is 2.63. The van der Waals surface area contributed by atoms with Crippen LogP contribution < -0.4 is 0 Å². The zero-order chi connectivity index (χ0) is 7.49.